The molecule has 1 aromatic carbocycles. The van der Waals surface area contributed by atoms with E-state index in [0.717, 1.165) is 5.56 Å². The number of benzene rings is 1. The zero-order valence-electron chi connectivity index (χ0n) is 19.3. The van der Waals surface area contributed by atoms with Crippen molar-refractivity contribution in [3.63, 3.8) is 0 Å². The number of amides is 3. The SMILES string of the molecule is CC(C)CC(NC(=O)CN)C(=O)NC(CC(C)C)C(=O)NC(Cc1ccccc1)C(=O)O. The first-order valence-electron chi connectivity index (χ1n) is 10.9. The van der Waals surface area contributed by atoms with Crippen LogP contribution in [0.4, 0.5) is 0 Å². The highest BCUT2D eigenvalue weighted by atomic mass is 16.4. The van der Waals surface area contributed by atoms with Gasteiger partial charge in [-0.15, -0.1) is 0 Å². The second-order valence-corrected chi connectivity index (χ2v) is 8.73. The van der Waals surface area contributed by atoms with E-state index in [1.54, 1.807) is 24.3 Å². The van der Waals surface area contributed by atoms with Gasteiger partial charge in [0.15, 0.2) is 0 Å². The van der Waals surface area contributed by atoms with Crippen molar-refractivity contribution in [2.45, 2.75) is 65.1 Å². The highest BCUT2D eigenvalue weighted by Gasteiger charge is 2.30. The molecule has 1 rings (SSSR count). The molecule has 0 spiro atoms. The third kappa shape index (κ3) is 9.91. The van der Waals surface area contributed by atoms with Gasteiger partial charge in [0, 0.05) is 6.42 Å². The van der Waals surface area contributed by atoms with Crippen LogP contribution in [-0.2, 0) is 25.6 Å². The van der Waals surface area contributed by atoms with E-state index in [4.69, 9.17) is 5.73 Å². The Morgan fingerprint density at radius 1 is 0.812 bits per heavy atom. The number of hydrogen-bond donors (Lipinski definition) is 5. The van der Waals surface area contributed by atoms with Crippen LogP contribution in [0.3, 0.4) is 0 Å². The summed E-state index contributed by atoms with van der Waals surface area (Å²) in [5.74, 6) is -2.54. The molecule has 0 fully saturated rings. The average molecular weight is 449 g/mol. The molecule has 0 aliphatic carbocycles. The van der Waals surface area contributed by atoms with Crippen molar-refractivity contribution < 1.29 is 24.3 Å². The van der Waals surface area contributed by atoms with Gasteiger partial charge in [0.05, 0.1) is 6.54 Å². The fourth-order valence-electron chi connectivity index (χ4n) is 3.25. The largest absolute Gasteiger partial charge is 0.480 e. The molecule has 1 aromatic rings. The third-order valence-corrected chi connectivity index (χ3v) is 4.78. The molecule has 0 saturated heterocycles. The molecule has 32 heavy (non-hydrogen) atoms. The van der Waals surface area contributed by atoms with Crippen LogP contribution in [0.1, 0.15) is 46.1 Å². The van der Waals surface area contributed by atoms with Crippen molar-refractivity contribution in [1.29, 1.82) is 0 Å². The van der Waals surface area contributed by atoms with Gasteiger partial charge >= 0.3 is 5.97 Å². The molecular formula is C23H36N4O5. The summed E-state index contributed by atoms with van der Waals surface area (Å²) >= 11 is 0. The third-order valence-electron chi connectivity index (χ3n) is 4.78. The van der Waals surface area contributed by atoms with E-state index in [2.05, 4.69) is 16.0 Å². The predicted molar refractivity (Wildman–Crippen MR) is 122 cm³/mol. The Bertz CT molecular complexity index is 767. The molecule has 6 N–H and O–H groups in total. The fourth-order valence-corrected chi connectivity index (χ4v) is 3.25. The minimum absolute atomic E-state index is 0.0608. The van der Waals surface area contributed by atoms with Crippen LogP contribution in [0.2, 0.25) is 0 Å². The molecule has 0 aromatic heterocycles. The summed E-state index contributed by atoms with van der Waals surface area (Å²) in [6, 6.07) is 6.06. The molecule has 0 saturated carbocycles. The number of hydrogen-bond acceptors (Lipinski definition) is 5. The van der Waals surface area contributed by atoms with Crippen molar-refractivity contribution in [2.75, 3.05) is 6.54 Å². The van der Waals surface area contributed by atoms with Crippen molar-refractivity contribution in [1.82, 2.24) is 16.0 Å². The van der Waals surface area contributed by atoms with E-state index < -0.39 is 41.8 Å². The van der Waals surface area contributed by atoms with E-state index >= 15 is 0 Å². The first-order chi connectivity index (χ1) is 15.0. The lowest BCUT2D eigenvalue weighted by Crippen LogP contribution is -2.57. The Balaban J connectivity index is 2.95. The van der Waals surface area contributed by atoms with Gasteiger partial charge in [0.2, 0.25) is 17.7 Å². The first-order valence-corrected chi connectivity index (χ1v) is 10.9. The number of nitrogens with two attached hydrogens (primary N) is 1. The molecule has 0 radical (unpaired) electrons. The summed E-state index contributed by atoms with van der Waals surface area (Å²) in [5.41, 5.74) is 6.12. The molecule has 3 amide bonds. The maximum Gasteiger partial charge on any atom is 0.326 e. The summed E-state index contributed by atoms with van der Waals surface area (Å²) < 4.78 is 0. The Labute approximate surface area is 189 Å². The summed E-state index contributed by atoms with van der Waals surface area (Å²) in [5, 5.41) is 17.4. The summed E-state index contributed by atoms with van der Waals surface area (Å²) in [6.07, 6.45) is 0.806. The Kier molecular flexibility index (Phi) is 11.4. The van der Waals surface area contributed by atoms with E-state index in [0.29, 0.717) is 12.8 Å². The summed E-state index contributed by atoms with van der Waals surface area (Å²) in [7, 11) is 0. The maximum absolute atomic E-state index is 12.9. The van der Waals surface area contributed by atoms with Crippen molar-refractivity contribution in [3.8, 4) is 0 Å². The zero-order valence-corrected chi connectivity index (χ0v) is 19.3. The lowest BCUT2D eigenvalue weighted by molar-refractivity contribution is -0.142. The van der Waals surface area contributed by atoms with Gasteiger partial charge in [-0.2, -0.15) is 0 Å². The Hall–Kier alpha value is -2.94. The highest BCUT2D eigenvalue weighted by Crippen LogP contribution is 2.10. The normalized spacial score (nSPS) is 13.8. The smallest absolute Gasteiger partial charge is 0.326 e. The van der Waals surface area contributed by atoms with Gasteiger partial charge in [0.1, 0.15) is 18.1 Å². The van der Waals surface area contributed by atoms with E-state index in [-0.39, 0.29) is 24.8 Å². The zero-order chi connectivity index (χ0) is 24.3. The number of rotatable bonds is 13. The quantitative estimate of drug-likeness (QED) is 0.301. The van der Waals surface area contributed by atoms with Crippen LogP contribution in [-0.4, -0.2) is 53.5 Å². The van der Waals surface area contributed by atoms with E-state index in [9.17, 15) is 24.3 Å². The van der Waals surface area contributed by atoms with Gasteiger partial charge in [-0.25, -0.2) is 4.79 Å². The summed E-state index contributed by atoms with van der Waals surface area (Å²) in [6.45, 7) is 7.36. The lowest BCUT2D eigenvalue weighted by atomic mass is 9.99. The molecule has 0 heterocycles. The minimum atomic E-state index is -1.16. The molecule has 9 nitrogen and oxygen atoms in total. The highest BCUT2D eigenvalue weighted by molar-refractivity contribution is 5.93. The van der Waals surface area contributed by atoms with Crippen LogP contribution in [0.25, 0.3) is 0 Å². The Morgan fingerprint density at radius 3 is 1.72 bits per heavy atom. The number of nitrogens with one attached hydrogen (secondary N) is 3. The number of carboxylic acids is 1. The number of carbonyl (C=O) groups excluding carboxylic acids is 3. The number of carboxylic acid groups (broad SMARTS) is 1. The van der Waals surface area contributed by atoms with Gasteiger partial charge in [-0.3, -0.25) is 14.4 Å². The molecule has 0 aliphatic heterocycles. The van der Waals surface area contributed by atoms with E-state index in [1.807, 2.05) is 33.8 Å². The molecule has 0 bridgehead atoms. The minimum Gasteiger partial charge on any atom is -0.480 e. The first kappa shape index (κ1) is 27.1. The van der Waals surface area contributed by atoms with Crippen LogP contribution in [0, 0.1) is 11.8 Å². The predicted octanol–water partition coefficient (Wildman–Crippen LogP) is 0.819. The van der Waals surface area contributed by atoms with Crippen LogP contribution in [0.5, 0.6) is 0 Å². The van der Waals surface area contributed by atoms with Crippen molar-refractivity contribution >= 4 is 23.7 Å². The molecule has 3 unspecified atom stereocenters. The van der Waals surface area contributed by atoms with Crippen molar-refractivity contribution in [2.24, 2.45) is 17.6 Å². The standard InChI is InChI=1S/C23H36N4O5/c1-14(2)10-17(25-20(28)13-24)21(29)26-18(11-15(3)4)22(30)27-19(23(31)32)12-16-8-6-5-7-9-16/h5-9,14-15,17-19H,10-13,24H2,1-4H3,(H,25,28)(H,26,29)(H,27,30)(H,31,32). The van der Waals surface area contributed by atoms with Crippen LogP contribution >= 0.6 is 0 Å². The van der Waals surface area contributed by atoms with E-state index in [1.165, 1.54) is 0 Å². The molecule has 9 heteroatoms. The fraction of sp³-hybridized carbons (Fsp3) is 0.565. The molecule has 0 aliphatic rings. The molecular weight excluding hydrogens is 412 g/mol. The molecule has 3 atom stereocenters. The Morgan fingerprint density at radius 2 is 1.28 bits per heavy atom. The topological polar surface area (TPSA) is 151 Å². The van der Waals surface area contributed by atoms with Gasteiger partial charge < -0.3 is 26.8 Å². The maximum atomic E-state index is 12.9. The number of carbonyl (C=O) groups is 4. The van der Waals surface area contributed by atoms with Gasteiger partial charge in [0.25, 0.3) is 0 Å². The number of aliphatic carboxylic acids is 1. The average Bonchev–Trinajstić information content (AvgIpc) is 2.72. The summed E-state index contributed by atoms with van der Waals surface area (Å²) in [4.78, 5) is 49.3. The van der Waals surface area contributed by atoms with Gasteiger partial charge in [-0.1, -0.05) is 58.0 Å². The second-order valence-electron chi connectivity index (χ2n) is 8.73. The lowest BCUT2D eigenvalue weighted by Gasteiger charge is -2.26. The van der Waals surface area contributed by atoms with Crippen LogP contribution < -0.4 is 21.7 Å². The van der Waals surface area contributed by atoms with Gasteiger partial charge in [-0.05, 0) is 30.2 Å². The van der Waals surface area contributed by atoms with Crippen LogP contribution in [0.15, 0.2) is 30.3 Å². The molecule has 178 valence electrons. The van der Waals surface area contributed by atoms with Crippen molar-refractivity contribution in [3.05, 3.63) is 35.9 Å². The monoisotopic (exact) mass is 448 g/mol. The second kappa shape index (κ2) is 13.5.